The summed E-state index contributed by atoms with van der Waals surface area (Å²) in [5.74, 6) is 0.480. The van der Waals surface area contributed by atoms with Gasteiger partial charge >= 0.3 is 6.18 Å². The van der Waals surface area contributed by atoms with Gasteiger partial charge in [0, 0.05) is 23.2 Å². The predicted molar refractivity (Wildman–Crippen MR) is 120 cm³/mol. The Hall–Kier alpha value is -3.82. The quantitative estimate of drug-likeness (QED) is 0.348. The maximum absolute atomic E-state index is 13.1. The van der Waals surface area contributed by atoms with Gasteiger partial charge in [-0.1, -0.05) is 61.9 Å². The molecule has 2 aromatic heterocycles. The van der Waals surface area contributed by atoms with Crippen LogP contribution >= 0.6 is 0 Å². The van der Waals surface area contributed by atoms with Crippen LogP contribution in [0.3, 0.4) is 0 Å². The molecule has 0 aliphatic rings. The number of unbranched alkanes of at least 4 members (excludes halogenated alkanes) is 1. The van der Waals surface area contributed by atoms with Crippen molar-refractivity contribution in [3.8, 4) is 22.5 Å². The Kier molecular flexibility index (Phi) is 6.85. The zero-order valence-electron chi connectivity index (χ0n) is 18.5. The zero-order valence-corrected chi connectivity index (χ0v) is 18.5. The lowest BCUT2D eigenvalue weighted by atomic mass is 9.95. The van der Waals surface area contributed by atoms with E-state index in [9.17, 15) is 18.0 Å². The molecule has 0 saturated heterocycles. The summed E-state index contributed by atoms with van der Waals surface area (Å²) in [5, 5.41) is 18.2. The van der Waals surface area contributed by atoms with Gasteiger partial charge in [-0.3, -0.25) is 9.48 Å². The van der Waals surface area contributed by atoms with Crippen molar-refractivity contribution in [1.29, 1.82) is 0 Å². The van der Waals surface area contributed by atoms with Crippen molar-refractivity contribution >= 4 is 6.29 Å². The second-order valence-electron chi connectivity index (χ2n) is 7.96. The molecular weight excluding hydrogens is 445 g/mol. The first kappa shape index (κ1) is 23.3. The highest BCUT2D eigenvalue weighted by molar-refractivity contribution is 5.80. The smallest absolute Gasteiger partial charge is 0.296 e. The van der Waals surface area contributed by atoms with E-state index < -0.39 is 12.7 Å². The first-order chi connectivity index (χ1) is 16.4. The van der Waals surface area contributed by atoms with Gasteiger partial charge in [-0.05, 0) is 34.7 Å². The topological polar surface area (TPSA) is 89.3 Å². The second kappa shape index (κ2) is 9.98. The Balaban J connectivity index is 1.65. The lowest BCUT2D eigenvalue weighted by Crippen LogP contribution is -2.20. The number of carbonyl (C=O) groups excluding carboxylic acids is 1. The molecule has 10 heteroatoms. The normalized spacial score (nSPS) is 11.6. The van der Waals surface area contributed by atoms with Crippen LogP contribution in [0.5, 0.6) is 0 Å². The number of nitrogens with one attached hydrogen (secondary N) is 1. The van der Waals surface area contributed by atoms with Crippen molar-refractivity contribution < 1.29 is 18.0 Å². The van der Waals surface area contributed by atoms with Crippen molar-refractivity contribution in [2.24, 2.45) is 0 Å². The molecular formula is C24H23F3N6O. The van der Waals surface area contributed by atoms with Gasteiger partial charge < -0.3 is 0 Å². The van der Waals surface area contributed by atoms with E-state index in [0.717, 1.165) is 33.4 Å². The number of rotatable bonds is 9. The minimum Gasteiger partial charge on any atom is -0.296 e. The number of H-pyrrole nitrogens is 1. The highest BCUT2D eigenvalue weighted by atomic mass is 19.4. The summed E-state index contributed by atoms with van der Waals surface area (Å²) in [6.07, 6.45) is -1.61. The number of hydrogen-bond donors (Lipinski definition) is 1. The van der Waals surface area contributed by atoms with Crippen molar-refractivity contribution in [1.82, 2.24) is 30.4 Å². The average Bonchev–Trinajstić information content (AvgIpc) is 3.46. The maximum Gasteiger partial charge on any atom is 0.408 e. The highest BCUT2D eigenvalue weighted by Gasteiger charge is 2.31. The maximum atomic E-state index is 13.1. The molecule has 0 aliphatic carbocycles. The largest absolute Gasteiger partial charge is 0.408 e. The third-order valence-electron chi connectivity index (χ3n) is 5.56. The number of carbonyl (C=O) groups is 1. The lowest BCUT2D eigenvalue weighted by molar-refractivity contribution is -0.143. The Morgan fingerprint density at radius 3 is 2.41 bits per heavy atom. The molecule has 0 radical (unpaired) electrons. The van der Waals surface area contributed by atoms with Gasteiger partial charge in [-0.25, -0.2) is 0 Å². The van der Waals surface area contributed by atoms with Gasteiger partial charge in [-0.2, -0.15) is 23.5 Å². The molecule has 0 bridgehead atoms. The molecule has 0 amide bonds. The van der Waals surface area contributed by atoms with Crippen LogP contribution in [-0.4, -0.2) is 42.9 Å². The van der Waals surface area contributed by atoms with Crippen LogP contribution in [0.1, 0.15) is 47.1 Å². The van der Waals surface area contributed by atoms with Gasteiger partial charge in [-0.15, -0.1) is 10.2 Å². The number of aromatic amines is 1. The monoisotopic (exact) mass is 468 g/mol. The van der Waals surface area contributed by atoms with E-state index in [4.69, 9.17) is 0 Å². The van der Waals surface area contributed by atoms with Gasteiger partial charge in [0.2, 0.25) is 5.82 Å². The molecule has 4 rings (SSSR count). The second-order valence-corrected chi connectivity index (χ2v) is 7.96. The third-order valence-corrected chi connectivity index (χ3v) is 5.56. The first-order valence-electron chi connectivity index (χ1n) is 10.9. The summed E-state index contributed by atoms with van der Waals surface area (Å²) in [5.41, 5.74) is 4.61. The molecule has 4 aromatic rings. The van der Waals surface area contributed by atoms with Crippen LogP contribution in [0, 0.1) is 0 Å². The molecule has 0 fully saturated rings. The van der Waals surface area contributed by atoms with Crippen LogP contribution < -0.4 is 0 Å². The summed E-state index contributed by atoms with van der Waals surface area (Å²) in [6.45, 7) is 0.759. The number of aromatic nitrogens is 6. The zero-order chi connectivity index (χ0) is 24.1. The first-order valence-corrected chi connectivity index (χ1v) is 10.9. The van der Waals surface area contributed by atoms with E-state index in [1.54, 1.807) is 0 Å². The Labute approximate surface area is 194 Å². The number of alkyl halides is 3. The van der Waals surface area contributed by atoms with E-state index in [0.29, 0.717) is 42.6 Å². The molecule has 0 saturated carbocycles. The van der Waals surface area contributed by atoms with Gasteiger partial charge in [0.15, 0.2) is 6.29 Å². The molecule has 0 atom stereocenters. The Bertz CT molecular complexity index is 1250. The van der Waals surface area contributed by atoms with Crippen LogP contribution in [0.2, 0.25) is 0 Å². The predicted octanol–water partition coefficient (Wildman–Crippen LogP) is 5.04. The number of aldehydes is 1. The Morgan fingerprint density at radius 2 is 1.79 bits per heavy atom. The van der Waals surface area contributed by atoms with E-state index in [2.05, 4.69) is 25.7 Å². The summed E-state index contributed by atoms with van der Waals surface area (Å²) in [7, 11) is 0. The van der Waals surface area contributed by atoms with Crippen molar-refractivity contribution in [3.63, 3.8) is 0 Å². The minimum atomic E-state index is -4.42. The number of benzene rings is 2. The number of halogens is 3. The molecule has 7 nitrogen and oxygen atoms in total. The molecule has 0 unspecified atom stereocenters. The average molecular weight is 468 g/mol. The third kappa shape index (κ3) is 5.22. The van der Waals surface area contributed by atoms with Crippen molar-refractivity contribution in [2.75, 3.05) is 0 Å². The molecule has 1 N–H and O–H groups in total. The Morgan fingerprint density at radius 1 is 1.06 bits per heavy atom. The van der Waals surface area contributed by atoms with Gasteiger partial charge in [0.25, 0.3) is 0 Å². The lowest BCUT2D eigenvalue weighted by Gasteiger charge is -2.12. The van der Waals surface area contributed by atoms with Crippen molar-refractivity contribution in [2.45, 2.75) is 45.3 Å². The molecule has 0 spiro atoms. The van der Waals surface area contributed by atoms with Crippen LogP contribution in [0.4, 0.5) is 13.2 Å². The molecule has 2 heterocycles. The molecule has 34 heavy (non-hydrogen) atoms. The van der Waals surface area contributed by atoms with E-state index >= 15 is 0 Å². The van der Waals surface area contributed by atoms with E-state index in [1.807, 2.05) is 55.5 Å². The summed E-state index contributed by atoms with van der Waals surface area (Å²) in [6, 6.07) is 15.3. The summed E-state index contributed by atoms with van der Waals surface area (Å²) >= 11 is 0. The highest BCUT2D eigenvalue weighted by Crippen LogP contribution is 2.30. The molecule has 176 valence electrons. The van der Waals surface area contributed by atoms with Gasteiger partial charge in [0.1, 0.15) is 12.2 Å². The van der Waals surface area contributed by atoms with Crippen LogP contribution in [0.25, 0.3) is 22.5 Å². The van der Waals surface area contributed by atoms with Gasteiger partial charge in [0.05, 0.1) is 0 Å². The fourth-order valence-corrected chi connectivity index (χ4v) is 3.98. The minimum absolute atomic E-state index is 0.0573. The molecule has 0 aliphatic heterocycles. The SMILES string of the molecule is CCCCc1c(Cc2ccc(-c3ccccc3-c3nn[nH]n3)cc2)c(C=O)nn1CC(F)(F)F. The summed E-state index contributed by atoms with van der Waals surface area (Å²) < 4.78 is 40.2. The van der Waals surface area contributed by atoms with E-state index in [1.165, 1.54) is 0 Å². The standard InChI is InChI=1S/C24H23F3N6O/c1-2-3-8-22-20(21(14-34)30-33(22)15-24(25,26)27)13-16-9-11-17(12-10-16)18-6-4-5-7-19(18)23-28-31-32-29-23/h4-7,9-12,14H,2-3,8,13,15H2,1H3,(H,28,29,31,32). The van der Waals surface area contributed by atoms with Crippen LogP contribution in [-0.2, 0) is 19.4 Å². The number of hydrogen-bond acceptors (Lipinski definition) is 5. The number of tetrazole rings is 1. The van der Waals surface area contributed by atoms with Crippen LogP contribution in [0.15, 0.2) is 48.5 Å². The van der Waals surface area contributed by atoms with Crippen molar-refractivity contribution in [3.05, 3.63) is 71.0 Å². The van der Waals surface area contributed by atoms with E-state index in [-0.39, 0.29) is 5.69 Å². The fourth-order valence-electron chi connectivity index (χ4n) is 3.98. The number of nitrogens with zero attached hydrogens (tertiary/aromatic N) is 5. The molecule has 2 aromatic carbocycles. The fraction of sp³-hybridized carbons (Fsp3) is 0.292. The summed E-state index contributed by atoms with van der Waals surface area (Å²) in [4.78, 5) is 11.6.